The third-order valence-electron chi connectivity index (χ3n) is 5.20. The van der Waals surface area contributed by atoms with E-state index in [-0.39, 0.29) is 24.0 Å². The Morgan fingerprint density at radius 3 is 2.38 bits per heavy atom. The minimum absolute atomic E-state index is 0.158. The summed E-state index contributed by atoms with van der Waals surface area (Å²) in [5.41, 5.74) is 6.61. The Hall–Kier alpha value is -2.08. The number of primary amides is 1. The van der Waals surface area contributed by atoms with E-state index in [1.807, 2.05) is 47.1 Å². The van der Waals surface area contributed by atoms with Crippen molar-refractivity contribution < 1.29 is 9.59 Å². The highest BCUT2D eigenvalue weighted by Crippen LogP contribution is 2.27. The molecule has 0 bridgehead atoms. The smallest absolute Gasteiger partial charge is 0.320 e. The van der Waals surface area contributed by atoms with E-state index in [0.717, 1.165) is 51.1 Å². The first-order valence-corrected chi connectivity index (χ1v) is 8.75. The summed E-state index contributed by atoms with van der Waals surface area (Å²) in [7, 11) is 0. The Morgan fingerprint density at radius 2 is 1.83 bits per heavy atom. The maximum absolute atomic E-state index is 12.3. The van der Waals surface area contributed by atoms with Gasteiger partial charge in [0.15, 0.2) is 0 Å². The van der Waals surface area contributed by atoms with Gasteiger partial charge in [0.1, 0.15) is 6.04 Å². The number of carbonyl (C=O) groups is 2. The average molecular weight is 330 g/mol. The van der Waals surface area contributed by atoms with E-state index in [1.54, 1.807) is 0 Å². The van der Waals surface area contributed by atoms with Crippen LogP contribution in [0.3, 0.4) is 0 Å². The summed E-state index contributed by atoms with van der Waals surface area (Å²) in [6, 6.07) is 9.75. The van der Waals surface area contributed by atoms with Gasteiger partial charge >= 0.3 is 6.03 Å². The summed E-state index contributed by atoms with van der Waals surface area (Å²) in [5, 5.41) is 0. The number of carbonyl (C=O) groups excluding carboxylic acids is 2. The lowest BCUT2D eigenvalue weighted by molar-refractivity contribution is -0.124. The van der Waals surface area contributed by atoms with Crippen LogP contribution in [0, 0.1) is 0 Å². The second-order valence-corrected chi connectivity index (χ2v) is 6.54. The number of urea groups is 1. The first-order valence-electron chi connectivity index (χ1n) is 8.75. The minimum Gasteiger partial charge on any atom is -0.368 e. The average Bonchev–Trinajstić information content (AvgIpc) is 2.97. The van der Waals surface area contributed by atoms with Crippen LogP contribution in [0.2, 0.25) is 0 Å². The number of nitrogens with two attached hydrogens (primary N) is 1. The molecule has 1 aromatic rings. The molecule has 0 radical (unpaired) electrons. The van der Waals surface area contributed by atoms with Crippen LogP contribution in [0.15, 0.2) is 30.3 Å². The van der Waals surface area contributed by atoms with E-state index in [9.17, 15) is 9.59 Å². The summed E-state index contributed by atoms with van der Waals surface area (Å²) < 4.78 is 0. The number of likely N-dealkylation sites (tertiary alicyclic amines) is 1. The molecule has 2 N–H and O–H groups in total. The molecule has 24 heavy (non-hydrogen) atoms. The molecular formula is C18H26N4O2. The molecule has 2 aliphatic heterocycles. The molecule has 3 amide bonds. The molecule has 0 aromatic heterocycles. The van der Waals surface area contributed by atoms with Crippen molar-refractivity contribution >= 4 is 11.9 Å². The summed E-state index contributed by atoms with van der Waals surface area (Å²) >= 11 is 0. The molecule has 3 rings (SSSR count). The lowest BCUT2D eigenvalue weighted by Crippen LogP contribution is -2.49. The highest BCUT2D eigenvalue weighted by Gasteiger charge is 2.36. The maximum Gasteiger partial charge on any atom is 0.320 e. The summed E-state index contributed by atoms with van der Waals surface area (Å²) in [6.45, 7) is 5.98. The predicted molar refractivity (Wildman–Crippen MR) is 92.3 cm³/mol. The number of hydrogen-bond acceptors (Lipinski definition) is 3. The fourth-order valence-electron chi connectivity index (χ4n) is 3.88. The zero-order chi connectivity index (χ0) is 17.1. The molecule has 2 fully saturated rings. The number of piperidine rings is 1. The van der Waals surface area contributed by atoms with Gasteiger partial charge in [0.2, 0.25) is 5.91 Å². The Morgan fingerprint density at radius 1 is 1.17 bits per heavy atom. The molecule has 2 heterocycles. The van der Waals surface area contributed by atoms with Crippen molar-refractivity contribution in [1.29, 1.82) is 0 Å². The lowest BCUT2D eigenvalue weighted by Gasteiger charge is -2.39. The normalized spacial score (nSPS) is 21.3. The molecule has 2 saturated heterocycles. The largest absolute Gasteiger partial charge is 0.368 e. The summed E-state index contributed by atoms with van der Waals surface area (Å²) in [6.07, 6.45) is 1.78. The van der Waals surface area contributed by atoms with Crippen LogP contribution in [0.5, 0.6) is 0 Å². The van der Waals surface area contributed by atoms with Crippen molar-refractivity contribution in [2.24, 2.45) is 5.73 Å². The number of amides is 3. The van der Waals surface area contributed by atoms with Crippen LogP contribution in [-0.2, 0) is 4.79 Å². The van der Waals surface area contributed by atoms with Crippen LogP contribution in [0.1, 0.15) is 31.4 Å². The molecule has 0 aliphatic carbocycles. The SMILES string of the molecule is CCN1CCN(C2CCN([C@@H](C(N)=O)c3ccccc3)CC2)C1=O. The van der Waals surface area contributed by atoms with E-state index in [1.165, 1.54) is 0 Å². The van der Waals surface area contributed by atoms with Gasteiger partial charge in [-0.3, -0.25) is 9.69 Å². The molecule has 0 saturated carbocycles. The third kappa shape index (κ3) is 3.24. The van der Waals surface area contributed by atoms with Gasteiger partial charge in [-0.05, 0) is 25.3 Å². The van der Waals surface area contributed by atoms with Crippen LogP contribution in [0.4, 0.5) is 4.79 Å². The van der Waals surface area contributed by atoms with Gasteiger partial charge in [0.05, 0.1) is 0 Å². The number of benzene rings is 1. The molecule has 1 atom stereocenters. The predicted octanol–water partition coefficient (Wildman–Crippen LogP) is 1.43. The molecule has 6 nitrogen and oxygen atoms in total. The molecule has 6 heteroatoms. The zero-order valence-electron chi connectivity index (χ0n) is 14.2. The fourth-order valence-corrected chi connectivity index (χ4v) is 3.88. The molecule has 0 spiro atoms. The molecule has 1 aromatic carbocycles. The maximum atomic E-state index is 12.3. The van der Waals surface area contributed by atoms with Gasteiger partial charge in [-0.25, -0.2) is 4.79 Å². The van der Waals surface area contributed by atoms with Crippen LogP contribution in [-0.4, -0.2) is 65.4 Å². The van der Waals surface area contributed by atoms with E-state index in [4.69, 9.17) is 5.73 Å². The van der Waals surface area contributed by atoms with Crippen LogP contribution in [0.25, 0.3) is 0 Å². The van der Waals surface area contributed by atoms with Gasteiger partial charge in [0.25, 0.3) is 0 Å². The van der Waals surface area contributed by atoms with Gasteiger partial charge in [-0.2, -0.15) is 0 Å². The Kier molecular flexibility index (Phi) is 5.04. The van der Waals surface area contributed by atoms with E-state index >= 15 is 0 Å². The summed E-state index contributed by atoms with van der Waals surface area (Å²) in [4.78, 5) is 30.4. The highest BCUT2D eigenvalue weighted by molar-refractivity contribution is 5.81. The summed E-state index contributed by atoms with van der Waals surface area (Å²) in [5.74, 6) is -0.311. The van der Waals surface area contributed by atoms with E-state index < -0.39 is 0 Å². The molecule has 130 valence electrons. The zero-order valence-corrected chi connectivity index (χ0v) is 14.2. The third-order valence-corrected chi connectivity index (χ3v) is 5.20. The van der Waals surface area contributed by atoms with Gasteiger partial charge < -0.3 is 15.5 Å². The van der Waals surface area contributed by atoms with E-state index in [2.05, 4.69) is 4.90 Å². The lowest BCUT2D eigenvalue weighted by atomic mass is 9.98. The number of nitrogens with zero attached hydrogens (tertiary/aromatic N) is 3. The molecule has 2 aliphatic rings. The Bertz CT molecular complexity index is 584. The van der Waals surface area contributed by atoms with Crippen molar-refractivity contribution in [1.82, 2.24) is 14.7 Å². The van der Waals surface area contributed by atoms with Gasteiger partial charge in [-0.1, -0.05) is 30.3 Å². The second-order valence-electron chi connectivity index (χ2n) is 6.54. The number of hydrogen-bond donors (Lipinski definition) is 1. The standard InChI is InChI=1S/C18H26N4O2/c1-2-20-12-13-22(18(20)24)15-8-10-21(11-9-15)16(17(19)23)14-6-4-3-5-7-14/h3-7,15-16H,2,8-13H2,1H3,(H2,19,23)/t16-/m1/s1. The highest BCUT2D eigenvalue weighted by atomic mass is 16.2. The first-order chi connectivity index (χ1) is 11.6. The topological polar surface area (TPSA) is 69.9 Å². The van der Waals surface area contributed by atoms with E-state index in [0.29, 0.717) is 0 Å². The number of likely N-dealkylation sites (N-methyl/N-ethyl adjacent to an activating group) is 1. The quantitative estimate of drug-likeness (QED) is 0.888. The van der Waals surface area contributed by atoms with Crippen molar-refractivity contribution in [2.75, 3.05) is 32.7 Å². The first kappa shape index (κ1) is 16.8. The van der Waals surface area contributed by atoms with Gasteiger partial charge in [-0.15, -0.1) is 0 Å². The molecule has 0 unspecified atom stereocenters. The van der Waals surface area contributed by atoms with Crippen LogP contribution < -0.4 is 5.73 Å². The van der Waals surface area contributed by atoms with Crippen LogP contribution >= 0.6 is 0 Å². The monoisotopic (exact) mass is 330 g/mol. The Labute approximate surface area is 143 Å². The van der Waals surface area contributed by atoms with Crippen molar-refractivity contribution in [3.8, 4) is 0 Å². The molecular weight excluding hydrogens is 304 g/mol. The van der Waals surface area contributed by atoms with Crippen molar-refractivity contribution in [3.05, 3.63) is 35.9 Å². The Balaban J connectivity index is 1.64. The van der Waals surface area contributed by atoms with Crippen molar-refractivity contribution in [3.63, 3.8) is 0 Å². The van der Waals surface area contributed by atoms with Gasteiger partial charge in [0, 0.05) is 38.8 Å². The minimum atomic E-state index is -0.381. The number of rotatable bonds is 5. The van der Waals surface area contributed by atoms with Crippen molar-refractivity contribution in [2.45, 2.75) is 31.8 Å². The second kappa shape index (κ2) is 7.21. The fraction of sp³-hybridized carbons (Fsp3) is 0.556.